The first-order valence-electron chi connectivity index (χ1n) is 5.65. The molecule has 1 aromatic rings. The number of aryl methyl sites for hydroxylation is 1. The highest BCUT2D eigenvalue weighted by Gasteiger charge is 2.02. The molecular weight excluding hydrogens is 218 g/mol. The number of carbonyl (C=O) groups excluding carboxylic acids is 1. The summed E-state index contributed by atoms with van der Waals surface area (Å²) in [6.45, 7) is 0.773. The highest BCUT2D eigenvalue weighted by atomic mass is 16.5. The molecule has 0 aliphatic heterocycles. The fraction of sp³-hybridized carbons (Fsp3) is 0.462. The van der Waals surface area contributed by atoms with Crippen molar-refractivity contribution in [2.45, 2.75) is 12.8 Å². The zero-order chi connectivity index (χ0) is 12.5. The molecular formula is C13H19NO3. The fourth-order valence-electron chi connectivity index (χ4n) is 1.60. The summed E-state index contributed by atoms with van der Waals surface area (Å²) in [6.07, 6.45) is 1.77. The Kier molecular flexibility index (Phi) is 6.10. The third-order valence-corrected chi connectivity index (χ3v) is 2.41. The Morgan fingerprint density at radius 1 is 1.29 bits per heavy atom. The second-order valence-corrected chi connectivity index (χ2v) is 3.70. The van der Waals surface area contributed by atoms with E-state index in [0.29, 0.717) is 6.54 Å². The van der Waals surface area contributed by atoms with Gasteiger partial charge in [-0.25, -0.2) is 0 Å². The van der Waals surface area contributed by atoms with Crippen molar-refractivity contribution < 1.29 is 14.3 Å². The van der Waals surface area contributed by atoms with Gasteiger partial charge in [0.05, 0.1) is 7.11 Å². The third kappa shape index (κ3) is 4.87. The first kappa shape index (κ1) is 13.5. The van der Waals surface area contributed by atoms with Gasteiger partial charge >= 0.3 is 0 Å². The summed E-state index contributed by atoms with van der Waals surface area (Å²) >= 11 is 0. The molecule has 1 N–H and O–H groups in total. The van der Waals surface area contributed by atoms with E-state index in [9.17, 15) is 4.79 Å². The van der Waals surface area contributed by atoms with Gasteiger partial charge in [0.25, 0.3) is 0 Å². The van der Waals surface area contributed by atoms with E-state index in [2.05, 4.69) is 5.32 Å². The lowest BCUT2D eigenvalue weighted by atomic mass is 10.1. The lowest BCUT2D eigenvalue weighted by Crippen LogP contribution is -2.28. The molecule has 0 aromatic heterocycles. The topological polar surface area (TPSA) is 47.6 Å². The van der Waals surface area contributed by atoms with Crippen molar-refractivity contribution in [3.05, 3.63) is 29.8 Å². The molecule has 1 rings (SSSR count). The fourth-order valence-corrected chi connectivity index (χ4v) is 1.60. The maximum Gasteiger partial charge on any atom is 0.245 e. The van der Waals surface area contributed by atoms with Gasteiger partial charge in [0, 0.05) is 13.7 Å². The molecule has 4 nitrogen and oxygen atoms in total. The largest absolute Gasteiger partial charge is 0.496 e. The van der Waals surface area contributed by atoms with Crippen LogP contribution in [0.3, 0.4) is 0 Å². The van der Waals surface area contributed by atoms with Crippen LogP contribution in [0.2, 0.25) is 0 Å². The van der Waals surface area contributed by atoms with Crippen molar-refractivity contribution >= 4 is 5.91 Å². The summed E-state index contributed by atoms with van der Waals surface area (Å²) in [5, 5.41) is 2.79. The van der Waals surface area contributed by atoms with Gasteiger partial charge in [-0.3, -0.25) is 4.79 Å². The Labute approximate surface area is 102 Å². The molecule has 94 valence electrons. The van der Waals surface area contributed by atoms with Crippen LogP contribution in [-0.2, 0) is 16.0 Å². The number of benzene rings is 1. The second-order valence-electron chi connectivity index (χ2n) is 3.70. The summed E-state index contributed by atoms with van der Waals surface area (Å²) in [7, 11) is 3.17. The SMILES string of the molecule is COCC(=O)NCCCc1ccccc1OC. The summed E-state index contributed by atoms with van der Waals surface area (Å²) in [4.78, 5) is 11.1. The first-order chi connectivity index (χ1) is 8.27. The zero-order valence-corrected chi connectivity index (χ0v) is 10.4. The average molecular weight is 237 g/mol. The van der Waals surface area contributed by atoms with Gasteiger partial charge in [-0.1, -0.05) is 18.2 Å². The Morgan fingerprint density at radius 3 is 2.76 bits per heavy atom. The van der Waals surface area contributed by atoms with Crippen molar-refractivity contribution in [3.63, 3.8) is 0 Å². The van der Waals surface area contributed by atoms with Crippen LogP contribution in [0.5, 0.6) is 5.75 Å². The van der Waals surface area contributed by atoms with E-state index in [-0.39, 0.29) is 12.5 Å². The Hall–Kier alpha value is -1.55. The van der Waals surface area contributed by atoms with Crippen LogP contribution in [0.4, 0.5) is 0 Å². The monoisotopic (exact) mass is 237 g/mol. The minimum atomic E-state index is -0.0764. The van der Waals surface area contributed by atoms with E-state index in [0.717, 1.165) is 24.2 Å². The molecule has 4 heteroatoms. The van der Waals surface area contributed by atoms with Crippen LogP contribution in [0.15, 0.2) is 24.3 Å². The number of carbonyl (C=O) groups is 1. The normalized spacial score (nSPS) is 10.0. The van der Waals surface area contributed by atoms with Crippen molar-refractivity contribution in [2.24, 2.45) is 0 Å². The molecule has 0 saturated carbocycles. The molecule has 17 heavy (non-hydrogen) atoms. The van der Waals surface area contributed by atoms with Crippen molar-refractivity contribution in [2.75, 3.05) is 27.4 Å². The van der Waals surface area contributed by atoms with Crippen LogP contribution < -0.4 is 10.1 Å². The minimum absolute atomic E-state index is 0.0764. The van der Waals surface area contributed by atoms with Crippen molar-refractivity contribution in [1.29, 1.82) is 0 Å². The molecule has 0 radical (unpaired) electrons. The predicted octanol–water partition coefficient (Wildman–Crippen LogP) is 1.39. The Morgan fingerprint density at radius 2 is 2.06 bits per heavy atom. The standard InChI is InChI=1S/C13H19NO3/c1-16-10-13(15)14-9-5-7-11-6-3-4-8-12(11)17-2/h3-4,6,8H,5,7,9-10H2,1-2H3,(H,14,15). The Balaban J connectivity index is 2.28. The molecule has 1 aromatic carbocycles. The van der Waals surface area contributed by atoms with Gasteiger partial charge < -0.3 is 14.8 Å². The Bertz CT molecular complexity index is 352. The summed E-state index contributed by atoms with van der Waals surface area (Å²) in [5.74, 6) is 0.822. The molecule has 0 spiro atoms. The maximum atomic E-state index is 11.1. The van der Waals surface area contributed by atoms with Crippen molar-refractivity contribution in [3.8, 4) is 5.75 Å². The highest BCUT2D eigenvalue weighted by molar-refractivity contribution is 5.77. The molecule has 0 heterocycles. The van der Waals surface area contributed by atoms with E-state index in [1.165, 1.54) is 7.11 Å². The summed E-state index contributed by atoms with van der Waals surface area (Å²) < 4.78 is 9.98. The van der Waals surface area contributed by atoms with Gasteiger partial charge in [-0.2, -0.15) is 0 Å². The lowest BCUT2D eigenvalue weighted by Gasteiger charge is -2.08. The van der Waals surface area contributed by atoms with E-state index >= 15 is 0 Å². The molecule has 0 aliphatic rings. The number of hydrogen-bond donors (Lipinski definition) is 1. The summed E-state index contributed by atoms with van der Waals surface area (Å²) in [5.41, 5.74) is 1.16. The van der Waals surface area contributed by atoms with E-state index in [1.807, 2.05) is 24.3 Å². The highest BCUT2D eigenvalue weighted by Crippen LogP contribution is 2.18. The van der Waals surface area contributed by atoms with Gasteiger partial charge in [0.1, 0.15) is 12.4 Å². The maximum absolute atomic E-state index is 11.1. The zero-order valence-electron chi connectivity index (χ0n) is 10.4. The molecule has 1 amide bonds. The van der Waals surface area contributed by atoms with Crippen LogP contribution in [0, 0.1) is 0 Å². The number of para-hydroxylation sites is 1. The quantitative estimate of drug-likeness (QED) is 0.729. The molecule has 0 atom stereocenters. The second kappa shape index (κ2) is 7.68. The number of nitrogens with one attached hydrogen (secondary N) is 1. The smallest absolute Gasteiger partial charge is 0.245 e. The van der Waals surface area contributed by atoms with Crippen LogP contribution in [0.1, 0.15) is 12.0 Å². The molecule has 0 bridgehead atoms. The number of hydrogen-bond acceptors (Lipinski definition) is 3. The molecule has 0 unspecified atom stereocenters. The average Bonchev–Trinajstić information content (AvgIpc) is 2.35. The molecule has 0 aliphatic carbocycles. The number of ether oxygens (including phenoxy) is 2. The van der Waals surface area contributed by atoms with Gasteiger partial charge in [-0.15, -0.1) is 0 Å². The van der Waals surface area contributed by atoms with Gasteiger partial charge in [-0.05, 0) is 24.5 Å². The van der Waals surface area contributed by atoms with Crippen LogP contribution in [-0.4, -0.2) is 33.3 Å². The number of methoxy groups -OCH3 is 2. The third-order valence-electron chi connectivity index (χ3n) is 2.41. The van der Waals surface area contributed by atoms with E-state index < -0.39 is 0 Å². The minimum Gasteiger partial charge on any atom is -0.496 e. The molecule has 0 fully saturated rings. The number of amides is 1. The van der Waals surface area contributed by atoms with Crippen LogP contribution in [0.25, 0.3) is 0 Å². The van der Waals surface area contributed by atoms with E-state index in [1.54, 1.807) is 7.11 Å². The predicted molar refractivity (Wildman–Crippen MR) is 66.2 cm³/mol. The van der Waals surface area contributed by atoms with Crippen molar-refractivity contribution in [1.82, 2.24) is 5.32 Å². The molecule has 0 saturated heterocycles. The summed E-state index contributed by atoms with van der Waals surface area (Å²) in [6, 6.07) is 7.92. The van der Waals surface area contributed by atoms with Gasteiger partial charge in [0.15, 0.2) is 0 Å². The van der Waals surface area contributed by atoms with Gasteiger partial charge in [0.2, 0.25) is 5.91 Å². The lowest BCUT2D eigenvalue weighted by molar-refractivity contribution is -0.124. The first-order valence-corrected chi connectivity index (χ1v) is 5.65. The van der Waals surface area contributed by atoms with Crippen LogP contribution >= 0.6 is 0 Å². The van der Waals surface area contributed by atoms with E-state index in [4.69, 9.17) is 9.47 Å². The number of rotatable bonds is 7.